The van der Waals surface area contributed by atoms with Crippen molar-refractivity contribution in [1.29, 1.82) is 0 Å². The van der Waals surface area contributed by atoms with E-state index in [2.05, 4.69) is 0 Å². The minimum absolute atomic E-state index is 0.0370. The highest BCUT2D eigenvalue weighted by Crippen LogP contribution is 2.34. The fourth-order valence-corrected chi connectivity index (χ4v) is 2.99. The van der Waals surface area contributed by atoms with Crippen LogP contribution in [-0.4, -0.2) is 9.13 Å². The van der Waals surface area contributed by atoms with Gasteiger partial charge in [-0.3, -0.25) is 9.36 Å². The zero-order valence-electron chi connectivity index (χ0n) is 13.4. The number of furan rings is 1. The fourth-order valence-electron chi connectivity index (χ4n) is 2.70. The molecule has 0 amide bonds. The molecule has 1 aromatic carbocycles. The van der Waals surface area contributed by atoms with Crippen molar-refractivity contribution in [3.8, 4) is 5.69 Å². The van der Waals surface area contributed by atoms with Gasteiger partial charge in [0.1, 0.15) is 11.5 Å². The Morgan fingerprint density at radius 2 is 1.80 bits per heavy atom. The van der Waals surface area contributed by atoms with Gasteiger partial charge in [-0.25, -0.2) is 9.36 Å². The van der Waals surface area contributed by atoms with Crippen LogP contribution < -0.4 is 11.2 Å². The molecule has 3 aromatic rings. The third kappa shape index (κ3) is 2.57. The zero-order chi connectivity index (χ0) is 18.7. The molecule has 5 nitrogen and oxygen atoms in total. The van der Waals surface area contributed by atoms with Crippen LogP contribution in [0.3, 0.4) is 0 Å². The van der Waals surface area contributed by atoms with Crippen LogP contribution in [0.25, 0.3) is 16.7 Å². The number of nitrogens with zero attached hydrogens (tertiary/aromatic N) is 2. The Hall–Kier alpha value is -2.48. The maximum Gasteiger partial charge on any atom is 0.431 e. The number of halogens is 4. The van der Waals surface area contributed by atoms with Gasteiger partial charge in [-0.1, -0.05) is 11.6 Å². The topological polar surface area (TPSA) is 57.1 Å². The number of fused-ring (bicyclic) bond motifs is 1. The van der Waals surface area contributed by atoms with Crippen LogP contribution in [0.5, 0.6) is 0 Å². The SMILES string of the molecule is Cc1oc2c(-n3c(=O)cc(C(F)(F)F)n(C)c3=O)ccc(Cl)c2c1C. The van der Waals surface area contributed by atoms with Crippen molar-refractivity contribution in [2.45, 2.75) is 20.0 Å². The highest BCUT2D eigenvalue weighted by molar-refractivity contribution is 6.36. The molecule has 0 saturated heterocycles. The average molecular weight is 373 g/mol. The number of hydrogen-bond donors (Lipinski definition) is 0. The minimum Gasteiger partial charge on any atom is -0.459 e. The second kappa shape index (κ2) is 5.52. The van der Waals surface area contributed by atoms with Gasteiger partial charge in [0.05, 0.1) is 10.7 Å². The van der Waals surface area contributed by atoms with Crippen LogP contribution in [0.1, 0.15) is 17.0 Å². The number of aryl methyl sites for hydroxylation is 2. The summed E-state index contributed by atoms with van der Waals surface area (Å²) in [6, 6.07) is 3.21. The van der Waals surface area contributed by atoms with E-state index < -0.39 is 23.1 Å². The van der Waals surface area contributed by atoms with Crippen molar-refractivity contribution in [1.82, 2.24) is 9.13 Å². The number of aromatic nitrogens is 2. The first-order valence-corrected chi connectivity index (χ1v) is 7.50. The molecule has 0 unspecified atom stereocenters. The zero-order valence-corrected chi connectivity index (χ0v) is 14.1. The molecule has 0 radical (unpaired) electrons. The van der Waals surface area contributed by atoms with Crippen molar-refractivity contribution >= 4 is 22.6 Å². The Kier molecular flexibility index (Phi) is 3.83. The summed E-state index contributed by atoms with van der Waals surface area (Å²) in [7, 11) is 0.951. The Bertz CT molecular complexity index is 1120. The van der Waals surface area contributed by atoms with Crippen LogP contribution in [0, 0.1) is 13.8 Å². The second-order valence-electron chi connectivity index (χ2n) is 5.60. The van der Waals surface area contributed by atoms with E-state index in [1.807, 2.05) is 0 Å². The van der Waals surface area contributed by atoms with Gasteiger partial charge in [-0.15, -0.1) is 0 Å². The van der Waals surface area contributed by atoms with Gasteiger partial charge < -0.3 is 4.42 Å². The maximum absolute atomic E-state index is 13.0. The monoisotopic (exact) mass is 372 g/mol. The van der Waals surface area contributed by atoms with Crippen molar-refractivity contribution < 1.29 is 17.6 Å². The van der Waals surface area contributed by atoms with E-state index >= 15 is 0 Å². The molecule has 0 aliphatic rings. The number of benzene rings is 1. The molecule has 2 aromatic heterocycles. The second-order valence-corrected chi connectivity index (χ2v) is 6.00. The molecule has 0 fully saturated rings. The highest BCUT2D eigenvalue weighted by Gasteiger charge is 2.35. The summed E-state index contributed by atoms with van der Waals surface area (Å²) >= 11 is 6.15. The first-order chi connectivity index (χ1) is 11.5. The molecule has 0 saturated carbocycles. The van der Waals surface area contributed by atoms with Gasteiger partial charge in [0.25, 0.3) is 5.56 Å². The molecule has 0 bridgehead atoms. The summed E-state index contributed by atoms with van der Waals surface area (Å²) in [5, 5.41) is 0.857. The standard InChI is InChI=1S/C16H12ClF3N2O3/c1-7-8(2)25-14-10(5-4-9(17)13(7)14)22-12(23)6-11(16(18,19)20)21(3)15(22)24/h4-6H,1-3H3. The first kappa shape index (κ1) is 17.3. The third-order valence-electron chi connectivity index (χ3n) is 4.10. The van der Waals surface area contributed by atoms with Gasteiger partial charge in [-0.2, -0.15) is 13.2 Å². The van der Waals surface area contributed by atoms with Gasteiger partial charge in [-0.05, 0) is 31.5 Å². The lowest BCUT2D eigenvalue weighted by atomic mass is 10.1. The quantitative estimate of drug-likeness (QED) is 0.656. The van der Waals surface area contributed by atoms with E-state index in [-0.39, 0.29) is 11.3 Å². The van der Waals surface area contributed by atoms with Crippen LogP contribution >= 0.6 is 11.6 Å². The molecular weight excluding hydrogens is 361 g/mol. The lowest BCUT2D eigenvalue weighted by Gasteiger charge is -2.14. The summed E-state index contributed by atoms with van der Waals surface area (Å²) in [6.07, 6.45) is -4.82. The fraction of sp³-hybridized carbons (Fsp3) is 0.250. The molecule has 0 N–H and O–H groups in total. The number of alkyl halides is 3. The van der Waals surface area contributed by atoms with E-state index in [0.717, 1.165) is 12.6 Å². The summed E-state index contributed by atoms with van der Waals surface area (Å²) in [5.41, 5.74) is -2.63. The Morgan fingerprint density at radius 3 is 2.40 bits per heavy atom. The summed E-state index contributed by atoms with van der Waals surface area (Å²) < 4.78 is 45.5. The van der Waals surface area contributed by atoms with Crippen molar-refractivity contribution in [3.63, 3.8) is 0 Å². The van der Waals surface area contributed by atoms with Crippen LogP contribution in [0.15, 0.2) is 32.2 Å². The van der Waals surface area contributed by atoms with Crippen LogP contribution in [-0.2, 0) is 13.2 Å². The number of hydrogen-bond acceptors (Lipinski definition) is 3. The minimum atomic E-state index is -4.82. The Morgan fingerprint density at radius 1 is 1.16 bits per heavy atom. The van der Waals surface area contributed by atoms with Crippen molar-refractivity contribution in [2.24, 2.45) is 7.05 Å². The van der Waals surface area contributed by atoms with E-state index in [9.17, 15) is 22.8 Å². The first-order valence-electron chi connectivity index (χ1n) is 7.13. The van der Waals surface area contributed by atoms with E-state index in [4.69, 9.17) is 16.0 Å². The Balaban J connectivity index is 2.44. The summed E-state index contributed by atoms with van der Waals surface area (Å²) in [5.74, 6) is 0.529. The van der Waals surface area contributed by atoms with Crippen LogP contribution in [0.4, 0.5) is 13.2 Å². The lowest BCUT2D eigenvalue weighted by Crippen LogP contribution is -2.40. The molecule has 9 heteroatoms. The van der Waals surface area contributed by atoms with Crippen LogP contribution in [0.2, 0.25) is 5.02 Å². The molecule has 2 heterocycles. The van der Waals surface area contributed by atoms with E-state index in [0.29, 0.717) is 31.4 Å². The smallest absolute Gasteiger partial charge is 0.431 e. The van der Waals surface area contributed by atoms with E-state index in [1.54, 1.807) is 13.8 Å². The normalized spacial score (nSPS) is 12.1. The van der Waals surface area contributed by atoms with E-state index in [1.165, 1.54) is 12.1 Å². The molecular formula is C16H12ClF3N2O3. The van der Waals surface area contributed by atoms with Gasteiger partial charge in [0.2, 0.25) is 0 Å². The van der Waals surface area contributed by atoms with Crippen molar-refractivity contribution in [3.05, 3.63) is 61.1 Å². The molecule has 25 heavy (non-hydrogen) atoms. The number of rotatable bonds is 1. The molecule has 132 valence electrons. The predicted molar refractivity (Wildman–Crippen MR) is 86.5 cm³/mol. The average Bonchev–Trinajstić information content (AvgIpc) is 2.80. The van der Waals surface area contributed by atoms with Gasteiger partial charge in [0.15, 0.2) is 5.58 Å². The van der Waals surface area contributed by atoms with Gasteiger partial charge >= 0.3 is 11.9 Å². The lowest BCUT2D eigenvalue weighted by molar-refractivity contribution is -0.144. The molecule has 0 atom stereocenters. The molecule has 0 aliphatic heterocycles. The Labute approximate surface area is 143 Å². The largest absolute Gasteiger partial charge is 0.459 e. The van der Waals surface area contributed by atoms with Gasteiger partial charge in [0, 0.05) is 18.5 Å². The van der Waals surface area contributed by atoms with Crippen molar-refractivity contribution in [2.75, 3.05) is 0 Å². The summed E-state index contributed by atoms with van der Waals surface area (Å²) in [6.45, 7) is 3.44. The molecule has 0 spiro atoms. The molecule has 3 rings (SSSR count). The third-order valence-corrected chi connectivity index (χ3v) is 4.41. The molecule has 0 aliphatic carbocycles. The highest BCUT2D eigenvalue weighted by atomic mass is 35.5. The predicted octanol–water partition coefficient (Wildman–Crippen LogP) is 3.57. The summed E-state index contributed by atoms with van der Waals surface area (Å²) in [4.78, 5) is 24.7. The maximum atomic E-state index is 13.0.